The molecule has 3 atom stereocenters. The van der Waals surface area contributed by atoms with Gasteiger partial charge in [0.1, 0.15) is 11.8 Å². The van der Waals surface area contributed by atoms with Crippen LogP contribution in [0.1, 0.15) is 52.4 Å². The predicted molar refractivity (Wildman–Crippen MR) is 83.4 cm³/mol. The largest absolute Gasteiger partial charge is 0.461 e. The van der Waals surface area contributed by atoms with E-state index in [2.05, 4.69) is 33.2 Å². The normalized spacial score (nSPS) is 45.8. The molecule has 114 valence electrons. The number of rotatable bonds is 4. The Kier molecular flexibility index (Phi) is 3.59. The van der Waals surface area contributed by atoms with Crippen molar-refractivity contribution < 1.29 is 14.6 Å². The van der Waals surface area contributed by atoms with Crippen molar-refractivity contribution in [3.8, 4) is 0 Å². The van der Waals surface area contributed by atoms with Gasteiger partial charge in [0.05, 0.1) is 11.8 Å². The summed E-state index contributed by atoms with van der Waals surface area (Å²) in [5.41, 5.74) is -0.784. The number of carbonyl (C=O) groups is 1. The Hall–Kier alpha value is 0.0800. The summed E-state index contributed by atoms with van der Waals surface area (Å²) < 4.78 is 5.16. The Labute approximate surface area is 133 Å². The van der Waals surface area contributed by atoms with Gasteiger partial charge in [-0.1, -0.05) is 29.5 Å². The summed E-state index contributed by atoms with van der Waals surface area (Å²) in [4.78, 5) is 12.4. The molecule has 6 heteroatoms. The molecular weight excluding hydrogens is 371 g/mol. The quantitative estimate of drug-likeness (QED) is 0.221. The molecule has 20 heavy (non-hydrogen) atoms. The van der Waals surface area contributed by atoms with E-state index in [0.717, 1.165) is 38.5 Å². The molecule has 3 N–H and O–H groups in total. The molecule has 3 fully saturated rings. The Bertz CT molecular complexity index is 423. The molecule has 0 radical (unpaired) electrons. The van der Waals surface area contributed by atoms with Gasteiger partial charge >= 0.3 is 5.97 Å². The Morgan fingerprint density at radius 1 is 1.45 bits per heavy atom. The van der Waals surface area contributed by atoms with Gasteiger partial charge in [-0.2, -0.15) is 0 Å². The molecular formula is C14H23IN2O3. The van der Waals surface area contributed by atoms with Gasteiger partial charge in [0.25, 0.3) is 0 Å². The van der Waals surface area contributed by atoms with Gasteiger partial charge < -0.3 is 9.84 Å². The standard InChI is InChI=1S/C14H23IN2O3/c1-3-13(19)7-4-5-9(6-8-13)20-11(18)12(2,15)14-10(16-14)17-14/h9-10,16-17,19H,3-8H2,1-2H3. The molecule has 3 aliphatic rings. The average Bonchev–Trinajstić information content (AvgIpc) is 3.22. The number of halogens is 1. The van der Waals surface area contributed by atoms with E-state index in [1.54, 1.807) is 0 Å². The predicted octanol–water partition coefficient (Wildman–Crippen LogP) is 1.43. The summed E-state index contributed by atoms with van der Waals surface area (Å²) in [7, 11) is 0. The second kappa shape index (κ2) is 4.79. The number of ether oxygens (including phenoxy) is 1. The summed E-state index contributed by atoms with van der Waals surface area (Å²) in [6.45, 7) is 3.94. The summed E-state index contributed by atoms with van der Waals surface area (Å²) in [5.74, 6) is -0.148. The van der Waals surface area contributed by atoms with Crippen LogP contribution in [0.3, 0.4) is 0 Å². The molecule has 0 bridgehead atoms. The van der Waals surface area contributed by atoms with Gasteiger partial charge in [0.15, 0.2) is 3.42 Å². The minimum absolute atomic E-state index is 0.0514. The van der Waals surface area contributed by atoms with Crippen molar-refractivity contribution in [2.45, 2.75) is 79.3 Å². The first-order valence-electron chi connectivity index (χ1n) is 7.51. The smallest absolute Gasteiger partial charge is 0.325 e. The number of fused-ring (bicyclic) bond motifs is 1. The summed E-state index contributed by atoms with van der Waals surface area (Å²) in [6.07, 6.45) is 5.09. The fraction of sp³-hybridized carbons (Fsp3) is 0.929. The van der Waals surface area contributed by atoms with Crippen LogP contribution in [-0.4, -0.2) is 38.0 Å². The summed E-state index contributed by atoms with van der Waals surface area (Å²) in [5, 5.41) is 16.8. The molecule has 0 aromatic rings. The Morgan fingerprint density at radius 2 is 2.10 bits per heavy atom. The van der Waals surface area contributed by atoms with Crippen LogP contribution >= 0.6 is 22.6 Å². The lowest BCUT2D eigenvalue weighted by Crippen LogP contribution is -2.48. The topological polar surface area (TPSA) is 90.4 Å². The molecule has 3 unspecified atom stereocenters. The maximum atomic E-state index is 12.4. The molecule has 2 saturated heterocycles. The fourth-order valence-corrected chi connectivity index (χ4v) is 3.92. The van der Waals surface area contributed by atoms with Crippen LogP contribution in [0.2, 0.25) is 0 Å². The third-order valence-corrected chi connectivity index (χ3v) is 6.46. The van der Waals surface area contributed by atoms with Crippen LogP contribution < -0.4 is 10.6 Å². The molecule has 3 rings (SSSR count). The zero-order valence-corrected chi connectivity index (χ0v) is 14.2. The molecule has 5 nitrogen and oxygen atoms in total. The van der Waals surface area contributed by atoms with Gasteiger partial charge in [-0.3, -0.25) is 15.4 Å². The zero-order valence-electron chi connectivity index (χ0n) is 12.0. The minimum Gasteiger partial charge on any atom is -0.461 e. The third kappa shape index (κ3) is 2.38. The molecule has 1 aliphatic carbocycles. The molecule has 0 aromatic carbocycles. The van der Waals surface area contributed by atoms with Crippen LogP contribution in [0.25, 0.3) is 0 Å². The second-order valence-electron chi connectivity index (χ2n) is 6.57. The van der Waals surface area contributed by atoms with Gasteiger partial charge in [0.2, 0.25) is 0 Å². The van der Waals surface area contributed by atoms with Crippen LogP contribution in [-0.2, 0) is 9.53 Å². The van der Waals surface area contributed by atoms with Gasteiger partial charge in [-0.25, -0.2) is 0 Å². The molecule has 0 spiro atoms. The number of alkyl halides is 1. The number of esters is 1. The van der Waals surface area contributed by atoms with E-state index >= 15 is 0 Å². The van der Waals surface area contributed by atoms with Gasteiger partial charge in [0, 0.05) is 0 Å². The lowest BCUT2D eigenvalue weighted by atomic mass is 9.92. The van der Waals surface area contributed by atoms with E-state index in [0.29, 0.717) is 0 Å². The lowest BCUT2D eigenvalue weighted by Gasteiger charge is -2.27. The first-order chi connectivity index (χ1) is 9.33. The summed E-state index contributed by atoms with van der Waals surface area (Å²) >= 11 is 2.18. The second-order valence-corrected chi connectivity index (χ2v) is 8.73. The van der Waals surface area contributed by atoms with Crippen molar-refractivity contribution in [1.29, 1.82) is 0 Å². The average molecular weight is 394 g/mol. The maximum absolute atomic E-state index is 12.4. The van der Waals surface area contributed by atoms with E-state index in [-0.39, 0.29) is 23.9 Å². The van der Waals surface area contributed by atoms with Gasteiger partial charge in [-0.15, -0.1) is 0 Å². The monoisotopic (exact) mass is 394 g/mol. The number of nitrogens with one attached hydrogen (secondary N) is 2. The number of hydrogen-bond donors (Lipinski definition) is 3. The van der Waals surface area contributed by atoms with Crippen molar-refractivity contribution in [3.63, 3.8) is 0 Å². The van der Waals surface area contributed by atoms with E-state index in [9.17, 15) is 9.90 Å². The van der Waals surface area contributed by atoms with Crippen molar-refractivity contribution in [2.75, 3.05) is 0 Å². The first kappa shape index (κ1) is 15.0. The maximum Gasteiger partial charge on any atom is 0.325 e. The number of carbonyl (C=O) groups excluding carboxylic acids is 1. The Morgan fingerprint density at radius 3 is 2.65 bits per heavy atom. The fourth-order valence-electron chi connectivity index (χ4n) is 3.17. The van der Waals surface area contributed by atoms with Crippen molar-refractivity contribution in [2.24, 2.45) is 0 Å². The van der Waals surface area contributed by atoms with Crippen LogP contribution in [0, 0.1) is 0 Å². The summed E-state index contributed by atoms with van der Waals surface area (Å²) in [6, 6.07) is 0. The van der Waals surface area contributed by atoms with Crippen LogP contribution in [0.15, 0.2) is 0 Å². The number of hydrogen-bond acceptors (Lipinski definition) is 5. The highest BCUT2D eigenvalue weighted by molar-refractivity contribution is 14.1. The van der Waals surface area contributed by atoms with Crippen molar-refractivity contribution >= 4 is 28.6 Å². The highest BCUT2D eigenvalue weighted by Crippen LogP contribution is 2.52. The first-order valence-corrected chi connectivity index (χ1v) is 8.59. The molecule has 2 heterocycles. The van der Waals surface area contributed by atoms with E-state index in [4.69, 9.17) is 4.74 Å². The SMILES string of the molecule is CCC1(O)CCCC(OC(=O)C(C)(I)C23NC2N3)CC1. The van der Waals surface area contributed by atoms with E-state index < -0.39 is 9.02 Å². The highest BCUT2D eigenvalue weighted by Gasteiger charge is 2.80. The molecule has 0 aromatic heterocycles. The third-order valence-electron chi connectivity index (χ3n) is 5.17. The molecule has 2 aliphatic heterocycles. The zero-order chi connectivity index (χ0) is 14.6. The molecule has 0 amide bonds. The number of aliphatic hydroxyl groups is 1. The minimum atomic E-state index is -0.567. The highest BCUT2D eigenvalue weighted by atomic mass is 127. The van der Waals surface area contributed by atoms with E-state index in [1.807, 2.05) is 13.8 Å². The Balaban J connectivity index is 1.57. The lowest BCUT2D eigenvalue weighted by molar-refractivity contribution is -0.152. The van der Waals surface area contributed by atoms with Crippen LogP contribution in [0.5, 0.6) is 0 Å². The van der Waals surface area contributed by atoms with Crippen LogP contribution in [0.4, 0.5) is 0 Å². The van der Waals surface area contributed by atoms with Gasteiger partial charge in [-0.05, 0) is 45.4 Å². The molecule has 1 saturated carbocycles. The van der Waals surface area contributed by atoms with E-state index in [1.165, 1.54) is 0 Å². The van der Waals surface area contributed by atoms with Crippen molar-refractivity contribution in [1.82, 2.24) is 10.6 Å². The van der Waals surface area contributed by atoms with Crippen molar-refractivity contribution in [3.05, 3.63) is 0 Å².